The highest BCUT2D eigenvalue weighted by atomic mass is 127. The zero-order chi connectivity index (χ0) is 14.3. The molecule has 1 amide bonds. The second-order valence-electron chi connectivity index (χ2n) is 5.07. The van der Waals surface area contributed by atoms with Crippen molar-refractivity contribution in [2.45, 2.75) is 12.3 Å². The number of carbonyl (C=O) groups excluding carboxylic acids is 1. The Labute approximate surface area is 130 Å². The number of halogens is 1. The van der Waals surface area contributed by atoms with Gasteiger partial charge >= 0.3 is 0 Å². The van der Waals surface area contributed by atoms with Crippen LogP contribution in [0.5, 0.6) is 0 Å². The molecule has 1 aliphatic rings. The Morgan fingerprint density at radius 1 is 1.45 bits per heavy atom. The summed E-state index contributed by atoms with van der Waals surface area (Å²) in [5.74, 6) is 5.42. The van der Waals surface area contributed by atoms with E-state index < -0.39 is 0 Å². The zero-order valence-corrected chi connectivity index (χ0v) is 13.2. The van der Waals surface area contributed by atoms with Crippen molar-refractivity contribution in [2.75, 3.05) is 0 Å². The van der Waals surface area contributed by atoms with Gasteiger partial charge in [0.25, 0.3) is 0 Å². The van der Waals surface area contributed by atoms with E-state index >= 15 is 0 Å². The van der Waals surface area contributed by atoms with E-state index in [1.807, 2.05) is 17.9 Å². The maximum absolute atomic E-state index is 11.4. The molecule has 1 aromatic heterocycles. The topological polar surface area (TPSA) is 72.9 Å². The third kappa shape index (κ3) is 2.33. The predicted octanol–water partition coefficient (Wildman–Crippen LogP) is 1.79. The molecule has 1 aliphatic carbocycles. The molecule has 1 heterocycles. The van der Waals surface area contributed by atoms with E-state index in [4.69, 9.17) is 5.84 Å². The molecule has 0 saturated heterocycles. The molecule has 0 spiro atoms. The van der Waals surface area contributed by atoms with Crippen LogP contribution in [0, 0.1) is 9.62 Å². The van der Waals surface area contributed by atoms with Crippen LogP contribution in [0.2, 0.25) is 0 Å². The first kappa shape index (κ1) is 13.6. The number of nitrogens with one attached hydrogen (secondary N) is 1. The van der Waals surface area contributed by atoms with Gasteiger partial charge in [0.15, 0.2) is 0 Å². The first-order valence-electron chi connectivity index (χ1n) is 6.39. The SMILES string of the molecule is Cn1cnc(-c2ccc([C@H]3C[C@@H]3C(=O)NN)cc2)c1I. The molecule has 2 aromatic rings. The largest absolute Gasteiger partial charge is 0.329 e. The van der Waals surface area contributed by atoms with Crippen molar-refractivity contribution in [1.82, 2.24) is 15.0 Å². The first-order valence-corrected chi connectivity index (χ1v) is 7.47. The Morgan fingerprint density at radius 3 is 2.70 bits per heavy atom. The highest BCUT2D eigenvalue weighted by Gasteiger charge is 2.43. The molecule has 104 valence electrons. The van der Waals surface area contributed by atoms with Crippen molar-refractivity contribution < 1.29 is 4.79 Å². The molecule has 3 rings (SSSR count). The van der Waals surface area contributed by atoms with E-state index in [0.717, 1.165) is 21.4 Å². The normalized spacial score (nSPS) is 20.8. The molecule has 2 atom stereocenters. The molecule has 0 radical (unpaired) electrons. The van der Waals surface area contributed by atoms with Crippen molar-refractivity contribution in [3.05, 3.63) is 39.9 Å². The molecule has 0 aliphatic heterocycles. The van der Waals surface area contributed by atoms with E-state index in [-0.39, 0.29) is 11.8 Å². The fraction of sp³-hybridized carbons (Fsp3) is 0.286. The highest BCUT2D eigenvalue weighted by molar-refractivity contribution is 14.1. The Bertz CT molecular complexity index is 650. The van der Waals surface area contributed by atoms with Gasteiger partial charge in [-0.25, -0.2) is 10.8 Å². The van der Waals surface area contributed by atoms with Crippen LogP contribution < -0.4 is 11.3 Å². The summed E-state index contributed by atoms with van der Waals surface area (Å²) in [6, 6.07) is 8.29. The van der Waals surface area contributed by atoms with Gasteiger partial charge in [-0.15, -0.1) is 0 Å². The van der Waals surface area contributed by atoms with Crippen LogP contribution in [0.3, 0.4) is 0 Å². The van der Waals surface area contributed by atoms with Crippen LogP contribution in [0.15, 0.2) is 30.6 Å². The minimum Gasteiger partial charge on any atom is -0.329 e. The van der Waals surface area contributed by atoms with Gasteiger partial charge in [-0.1, -0.05) is 24.3 Å². The van der Waals surface area contributed by atoms with Gasteiger partial charge < -0.3 is 4.57 Å². The van der Waals surface area contributed by atoms with Gasteiger partial charge in [-0.05, 0) is 40.5 Å². The third-order valence-electron chi connectivity index (χ3n) is 3.75. The molecule has 5 nitrogen and oxygen atoms in total. The van der Waals surface area contributed by atoms with Gasteiger partial charge in [-0.2, -0.15) is 0 Å². The second kappa shape index (κ2) is 5.17. The number of nitrogens with zero attached hydrogens (tertiary/aromatic N) is 2. The van der Waals surface area contributed by atoms with Crippen molar-refractivity contribution in [3.8, 4) is 11.3 Å². The number of nitrogens with two attached hydrogens (primary N) is 1. The summed E-state index contributed by atoms with van der Waals surface area (Å²) in [5, 5.41) is 0. The summed E-state index contributed by atoms with van der Waals surface area (Å²) in [4.78, 5) is 15.9. The van der Waals surface area contributed by atoms with E-state index in [1.165, 1.54) is 5.56 Å². The molecular formula is C14H15IN4O. The zero-order valence-electron chi connectivity index (χ0n) is 11.0. The molecule has 20 heavy (non-hydrogen) atoms. The van der Waals surface area contributed by atoms with Crippen LogP contribution in [0.4, 0.5) is 0 Å². The van der Waals surface area contributed by atoms with E-state index in [2.05, 4.69) is 57.3 Å². The van der Waals surface area contributed by atoms with E-state index in [1.54, 1.807) is 0 Å². The fourth-order valence-electron chi connectivity index (χ4n) is 2.46. The first-order chi connectivity index (χ1) is 9.61. The molecule has 1 aromatic carbocycles. The van der Waals surface area contributed by atoms with Crippen molar-refractivity contribution in [2.24, 2.45) is 18.8 Å². The number of hydrogen-bond donors (Lipinski definition) is 2. The summed E-state index contributed by atoms with van der Waals surface area (Å²) in [6.45, 7) is 0. The number of aromatic nitrogens is 2. The number of imidazole rings is 1. The molecule has 3 N–H and O–H groups in total. The quantitative estimate of drug-likeness (QED) is 0.368. The van der Waals surface area contributed by atoms with Crippen LogP contribution in [-0.4, -0.2) is 15.5 Å². The lowest BCUT2D eigenvalue weighted by Gasteiger charge is -2.03. The van der Waals surface area contributed by atoms with Crippen molar-refractivity contribution in [3.63, 3.8) is 0 Å². The fourth-order valence-corrected chi connectivity index (χ4v) is 3.03. The summed E-state index contributed by atoms with van der Waals surface area (Å²) in [7, 11) is 1.98. The van der Waals surface area contributed by atoms with Crippen LogP contribution in [-0.2, 0) is 11.8 Å². The van der Waals surface area contributed by atoms with Gasteiger partial charge in [0.2, 0.25) is 5.91 Å². The Balaban J connectivity index is 1.79. The second-order valence-corrected chi connectivity index (χ2v) is 6.10. The summed E-state index contributed by atoms with van der Waals surface area (Å²) >= 11 is 2.29. The van der Waals surface area contributed by atoms with E-state index in [0.29, 0.717) is 5.92 Å². The predicted molar refractivity (Wildman–Crippen MR) is 84.5 cm³/mol. The van der Waals surface area contributed by atoms with Gasteiger partial charge in [-0.3, -0.25) is 10.2 Å². The Hall–Kier alpha value is -1.41. The van der Waals surface area contributed by atoms with Crippen LogP contribution >= 0.6 is 22.6 Å². The van der Waals surface area contributed by atoms with Crippen LogP contribution in [0.1, 0.15) is 17.9 Å². The Morgan fingerprint density at radius 2 is 2.15 bits per heavy atom. The summed E-state index contributed by atoms with van der Waals surface area (Å²) in [5.41, 5.74) is 5.50. The maximum Gasteiger partial charge on any atom is 0.237 e. The molecular weight excluding hydrogens is 367 g/mol. The van der Waals surface area contributed by atoms with Crippen LogP contribution in [0.25, 0.3) is 11.3 Å². The lowest BCUT2D eigenvalue weighted by molar-refractivity contribution is -0.122. The van der Waals surface area contributed by atoms with Crippen molar-refractivity contribution in [1.29, 1.82) is 0 Å². The molecule has 0 bridgehead atoms. The van der Waals surface area contributed by atoms with Gasteiger partial charge in [0, 0.05) is 18.5 Å². The maximum atomic E-state index is 11.4. The summed E-state index contributed by atoms with van der Waals surface area (Å²) < 4.78 is 3.11. The number of benzene rings is 1. The Kier molecular flexibility index (Phi) is 3.51. The smallest absolute Gasteiger partial charge is 0.237 e. The number of hydrazine groups is 1. The molecule has 1 fully saturated rings. The van der Waals surface area contributed by atoms with Gasteiger partial charge in [0.05, 0.1) is 6.33 Å². The number of rotatable bonds is 3. The summed E-state index contributed by atoms with van der Waals surface area (Å²) in [6.07, 6.45) is 2.69. The number of aryl methyl sites for hydroxylation is 1. The standard InChI is InChI=1S/C14H15IN4O/c1-19-7-17-12(13(19)15)9-4-2-8(3-5-9)10-6-11(10)14(20)18-16/h2-5,7,10-11H,6,16H2,1H3,(H,18,20)/t10-,11+/m1/s1. The number of amides is 1. The monoisotopic (exact) mass is 382 g/mol. The van der Waals surface area contributed by atoms with Gasteiger partial charge in [0.1, 0.15) is 9.39 Å². The van der Waals surface area contributed by atoms with Crippen molar-refractivity contribution >= 4 is 28.5 Å². The lowest BCUT2D eigenvalue weighted by Crippen LogP contribution is -2.31. The molecule has 6 heteroatoms. The number of carbonyl (C=O) groups is 1. The third-order valence-corrected chi connectivity index (χ3v) is 5.02. The minimum absolute atomic E-state index is 0.0286. The average molecular weight is 382 g/mol. The minimum atomic E-state index is -0.0710. The number of hydrogen-bond acceptors (Lipinski definition) is 3. The average Bonchev–Trinajstić information content (AvgIpc) is 3.21. The molecule has 1 saturated carbocycles. The van der Waals surface area contributed by atoms with E-state index in [9.17, 15) is 4.79 Å². The lowest BCUT2D eigenvalue weighted by atomic mass is 10.1. The molecule has 0 unspecified atom stereocenters. The highest BCUT2D eigenvalue weighted by Crippen LogP contribution is 2.47.